The lowest BCUT2D eigenvalue weighted by Crippen LogP contribution is -2.18. The summed E-state index contributed by atoms with van der Waals surface area (Å²) in [7, 11) is 0. The van der Waals surface area contributed by atoms with Crippen LogP contribution in [0, 0.1) is 6.92 Å². The Morgan fingerprint density at radius 3 is 2.65 bits per heavy atom. The first kappa shape index (κ1) is 14.8. The molecule has 1 aromatic heterocycles. The van der Waals surface area contributed by atoms with Gasteiger partial charge in [-0.25, -0.2) is 0 Å². The number of ether oxygens (including phenoxy) is 1. The van der Waals surface area contributed by atoms with Gasteiger partial charge >= 0.3 is 0 Å². The average molecular weight is 310 g/mol. The molecule has 7 nitrogen and oxygen atoms in total. The largest absolute Gasteiger partial charge is 0.489 e. The maximum absolute atomic E-state index is 5.79. The van der Waals surface area contributed by atoms with Gasteiger partial charge in [0.25, 0.3) is 5.95 Å². The number of nitrogens with one attached hydrogen (secondary N) is 1. The zero-order chi connectivity index (χ0) is 16.1. The van der Waals surface area contributed by atoms with Crippen molar-refractivity contribution in [1.29, 1.82) is 0 Å². The van der Waals surface area contributed by atoms with Gasteiger partial charge in [-0.05, 0) is 40.6 Å². The summed E-state index contributed by atoms with van der Waals surface area (Å²) in [5.41, 5.74) is 12.0. The Morgan fingerprint density at radius 2 is 1.96 bits per heavy atom. The van der Waals surface area contributed by atoms with E-state index >= 15 is 0 Å². The Hall–Kier alpha value is -3.09. The van der Waals surface area contributed by atoms with E-state index in [0.29, 0.717) is 13.2 Å². The van der Waals surface area contributed by atoms with E-state index in [1.54, 1.807) is 0 Å². The second-order valence-corrected chi connectivity index (χ2v) is 5.21. The third kappa shape index (κ3) is 3.97. The molecule has 3 aromatic rings. The van der Waals surface area contributed by atoms with Gasteiger partial charge in [-0.15, -0.1) is 4.79 Å². The van der Waals surface area contributed by atoms with Gasteiger partial charge in [-0.1, -0.05) is 47.1 Å². The molecule has 2 aromatic carbocycles. The number of nitrogen functional groups attached to an aromatic ring is 1. The minimum atomic E-state index is 0.225. The number of rotatable bonds is 6. The van der Waals surface area contributed by atoms with Crippen molar-refractivity contribution in [2.45, 2.75) is 20.1 Å². The van der Waals surface area contributed by atoms with Crippen LogP contribution in [0.2, 0.25) is 0 Å². The van der Waals surface area contributed by atoms with E-state index in [-0.39, 0.29) is 5.95 Å². The number of nitrogens with two attached hydrogens (primary N) is 1. The molecule has 0 saturated heterocycles. The van der Waals surface area contributed by atoms with E-state index in [0.717, 1.165) is 16.9 Å². The third-order valence-corrected chi connectivity index (χ3v) is 3.34. The highest BCUT2D eigenvalue weighted by Gasteiger charge is 2.01. The quantitative estimate of drug-likeness (QED) is 0.722. The highest BCUT2D eigenvalue weighted by atomic mass is 16.5. The summed E-state index contributed by atoms with van der Waals surface area (Å²) in [6, 6.07) is 16.1. The minimum absolute atomic E-state index is 0.225. The Labute approximate surface area is 134 Å². The molecule has 0 atom stereocenters. The molecule has 0 aliphatic carbocycles. The standard InChI is InChI=1S/C16H18N6O/c1-12-3-2-4-14(9-12)11-23-15-7-5-13(6-8-15)10-18-22-16(17)19-20-21-22/h2-9,18H,10-11H2,1H3,(H2,17,19,21). The smallest absolute Gasteiger partial charge is 0.260 e. The van der Waals surface area contributed by atoms with E-state index < -0.39 is 0 Å². The number of nitrogens with zero attached hydrogens (tertiary/aromatic N) is 4. The fraction of sp³-hybridized carbons (Fsp3) is 0.188. The molecule has 0 amide bonds. The van der Waals surface area contributed by atoms with Gasteiger partial charge < -0.3 is 15.9 Å². The van der Waals surface area contributed by atoms with Crippen LogP contribution in [0.5, 0.6) is 5.75 Å². The molecule has 0 unspecified atom stereocenters. The van der Waals surface area contributed by atoms with E-state index in [9.17, 15) is 0 Å². The Balaban J connectivity index is 1.53. The predicted molar refractivity (Wildman–Crippen MR) is 87.2 cm³/mol. The first-order valence-electron chi connectivity index (χ1n) is 7.26. The summed E-state index contributed by atoms with van der Waals surface area (Å²) in [6.07, 6.45) is 0. The van der Waals surface area contributed by atoms with E-state index in [1.807, 2.05) is 30.3 Å². The topological polar surface area (TPSA) is 90.9 Å². The number of hydrogen-bond acceptors (Lipinski definition) is 6. The van der Waals surface area contributed by atoms with Crippen LogP contribution in [0.3, 0.4) is 0 Å². The van der Waals surface area contributed by atoms with Crippen LogP contribution in [0.1, 0.15) is 16.7 Å². The van der Waals surface area contributed by atoms with Crippen molar-refractivity contribution in [3.63, 3.8) is 0 Å². The van der Waals surface area contributed by atoms with Crippen molar-refractivity contribution in [1.82, 2.24) is 20.3 Å². The Morgan fingerprint density at radius 1 is 1.13 bits per heavy atom. The molecule has 1 heterocycles. The van der Waals surface area contributed by atoms with Crippen LogP contribution in [-0.2, 0) is 13.2 Å². The van der Waals surface area contributed by atoms with E-state index in [4.69, 9.17) is 10.5 Å². The minimum Gasteiger partial charge on any atom is -0.489 e. The average Bonchev–Trinajstić information content (AvgIpc) is 2.97. The molecule has 0 bridgehead atoms. The van der Waals surface area contributed by atoms with Crippen LogP contribution in [0.15, 0.2) is 48.5 Å². The van der Waals surface area contributed by atoms with E-state index in [1.165, 1.54) is 10.4 Å². The normalized spacial score (nSPS) is 10.5. The zero-order valence-electron chi connectivity index (χ0n) is 12.8. The van der Waals surface area contributed by atoms with Gasteiger partial charge in [-0.3, -0.25) is 0 Å². The van der Waals surface area contributed by atoms with Crippen molar-refractivity contribution in [2.24, 2.45) is 0 Å². The fourth-order valence-electron chi connectivity index (χ4n) is 2.14. The fourth-order valence-corrected chi connectivity index (χ4v) is 2.14. The highest BCUT2D eigenvalue weighted by Crippen LogP contribution is 2.15. The van der Waals surface area contributed by atoms with Crippen LogP contribution in [0.4, 0.5) is 5.95 Å². The second-order valence-electron chi connectivity index (χ2n) is 5.21. The van der Waals surface area contributed by atoms with Crippen molar-refractivity contribution >= 4 is 5.95 Å². The van der Waals surface area contributed by atoms with Crippen LogP contribution >= 0.6 is 0 Å². The van der Waals surface area contributed by atoms with E-state index in [2.05, 4.69) is 46.1 Å². The molecular weight excluding hydrogens is 292 g/mol. The molecule has 0 spiro atoms. The van der Waals surface area contributed by atoms with Gasteiger partial charge in [0.15, 0.2) is 0 Å². The van der Waals surface area contributed by atoms with Crippen molar-refractivity contribution in [3.8, 4) is 5.75 Å². The molecule has 118 valence electrons. The number of aryl methyl sites for hydroxylation is 1. The SMILES string of the molecule is Cc1cccc(COc2ccc(CNn3nnnc3N)cc2)c1. The van der Waals surface area contributed by atoms with Gasteiger partial charge in [-0.2, -0.15) is 0 Å². The molecule has 0 aliphatic rings. The monoisotopic (exact) mass is 310 g/mol. The molecule has 0 fully saturated rings. The molecule has 0 radical (unpaired) electrons. The number of benzene rings is 2. The lowest BCUT2D eigenvalue weighted by Gasteiger charge is -2.09. The van der Waals surface area contributed by atoms with Gasteiger partial charge in [0.1, 0.15) is 12.4 Å². The van der Waals surface area contributed by atoms with Gasteiger partial charge in [0, 0.05) is 0 Å². The van der Waals surface area contributed by atoms with Crippen LogP contribution in [0.25, 0.3) is 0 Å². The molecule has 23 heavy (non-hydrogen) atoms. The summed E-state index contributed by atoms with van der Waals surface area (Å²) >= 11 is 0. The Bertz CT molecular complexity index is 768. The van der Waals surface area contributed by atoms with Crippen molar-refractivity contribution in [3.05, 3.63) is 65.2 Å². The van der Waals surface area contributed by atoms with Gasteiger partial charge in [0.2, 0.25) is 0 Å². The summed E-state index contributed by atoms with van der Waals surface area (Å²) in [4.78, 5) is 1.34. The maximum atomic E-state index is 5.79. The molecule has 0 saturated carbocycles. The lowest BCUT2D eigenvalue weighted by atomic mass is 10.1. The van der Waals surface area contributed by atoms with Crippen LogP contribution < -0.4 is 15.9 Å². The highest BCUT2D eigenvalue weighted by molar-refractivity contribution is 5.29. The number of hydrogen-bond donors (Lipinski definition) is 2. The first-order valence-corrected chi connectivity index (χ1v) is 7.26. The number of aromatic nitrogens is 4. The predicted octanol–water partition coefficient (Wildman–Crippen LogP) is 1.89. The van der Waals surface area contributed by atoms with Gasteiger partial charge in [0.05, 0.1) is 6.54 Å². The number of tetrazole rings is 1. The van der Waals surface area contributed by atoms with Crippen LogP contribution in [-0.4, -0.2) is 20.3 Å². The molecular formula is C16H18N6O. The summed E-state index contributed by atoms with van der Waals surface area (Å²) in [5.74, 6) is 1.06. The Kier molecular flexibility index (Phi) is 4.37. The summed E-state index contributed by atoms with van der Waals surface area (Å²) in [5, 5.41) is 10.8. The second kappa shape index (κ2) is 6.78. The molecule has 7 heteroatoms. The molecule has 3 rings (SSSR count). The van der Waals surface area contributed by atoms with Crippen molar-refractivity contribution < 1.29 is 4.74 Å². The molecule has 3 N–H and O–H groups in total. The summed E-state index contributed by atoms with van der Waals surface area (Å²) in [6.45, 7) is 3.19. The third-order valence-electron chi connectivity index (χ3n) is 3.34. The summed E-state index contributed by atoms with van der Waals surface area (Å²) < 4.78 is 5.79. The van der Waals surface area contributed by atoms with Crippen molar-refractivity contribution in [2.75, 3.05) is 11.2 Å². The molecule has 0 aliphatic heterocycles. The lowest BCUT2D eigenvalue weighted by molar-refractivity contribution is 0.306. The number of anilines is 1. The maximum Gasteiger partial charge on any atom is 0.260 e. The zero-order valence-corrected chi connectivity index (χ0v) is 12.8. The first-order chi connectivity index (χ1) is 11.2.